The number of aryl methyl sites for hydroxylation is 1. The van der Waals surface area contributed by atoms with Crippen molar-refractivity contribution in [3.05, 3.63) is 35.4 Å². The largest absolute Gasteiger partial charge is 0.290 e. The van der Waals surface area contributed by atoms with E-state index in [1.54, 1.807) is 18.2 Å². The molecule has 0 saturated carbocycles. The van der Waals surface area contributed by atoms with Gasteiger partial charge in [-0.25, -0.2) is 8.42 Å². The van der Waals surface area contributed by atoms with Crippen molar-refractivity contribution < 1.29 is 13.2 Å². The lowest BCUT2D eigenvalue weighted by molar-refractivity contribution is 0.100. The third kappa shape index (κ3) is 2.73. The molecule has 0 aliphatic heterocycles. The summed E-state index contributed by atoms with van der Waals surface area (Å²) in [7, 11) is -3.58. The van der Waals surface area contributed by atoms with Gasteiger partial charge in [-0.1, -0.05) is 23.8 Å². The summed E-state index contributed by atoms with van der Waals surface area (Å²) in [5.74, 6) is -0.529. The Morgan fingerprint density at radius 3 is 2.31 bits per heavy atom. The van der Waals surface area contributed by atoms with Crippen molar-refractivity contribution in [1.29, 1.82) is 0 Å². The molecule has 3 nitrogen and oxygen atoms in total. The molecule has 0 unspecified atom stereocenters. The van der Waals surface area contributed by atoms with Crippen LogP contribution in [0.5, 0.6) is 0 Å². The quantitative estimate of drug-likeness (QED) is 0.608. The van der Waals surface area contributed by atoms with Gasteiger partial charge >= 0.3 is 0 Å². The normalized spacial score (nSPS) is 12.5. The molecule has 0 saturated heterocycles. The van der Waals surface area contributed by atoms with Gasteiger partial charge in [0.2, 0.25) is 8.35 Å². The average Bonchev–Trinajstić information content (AvgIpc) is 2.14. The Morgan fingerprint density at radius 1 is 1.31 bits per heavy atom. The Balaban J connectivity index is 3.23. The van der Waals surface area contributed by atoms with Crippen LogP contribution in [-0.4, -0.2) is 23.0 Å². The second kappa shape index (κ2) is 4.58. The number of Topliss-reactive ketones (excluding diaryl/α,β-unsaturated/α-hetero) is 1. The first-order valence-electron chi connectivity index (χ1n) is 4.35. The van der Waals surface area contributed by atoms with Crippen LogP contribution in [0.2, 0.25) is 0 Å². The fourth-order valence-corrected chi connectivity index (χ4v) is 2.04. The number of alkyl halides is 2. The lowest BCUT2D eigenvalue weighted by Crippen LogP contribution is -2.33. The van der Waals surface area contributed by atoms with E-state index in [0.717, 1.165) is 11.8 Å². The summed E-state index contributed by atoms with van der Waals surface area (Å²) < 4.78 is 21.1. The first kappa shape index (κ1) is 13.9. The zero-order valence-electron chi connectivity index (χ0n) is 8.70. The average molecular weight is 370 g/mol. The van der Waals surface area contributed by atoms with Gasteiger partial charge in [-0.15, -0.1) is 0 Å². The maximum atomic E-state index is 12.0. The third-order valence-corrected chi connectivity index (χ3v) is 7.38. The second-order valence-electron chi connectivity index (χ2n) is 3.49. The summed E-state index contributed by atoms with van der Waals surface area (Å²) in [6, 6.07) is 6.77. The van der Waals surface area contributed by atoms with Gasteiger partial charge in [-0.05, 0) is 44.8 Å². The lowest BCUT2D eigenvalue weighted by Gasteiger charge is -2.16. The summed E-state index contributed by atoms with van der Waals surface area (Å²) in [6.45, 7) is 1.83. The Morgan fingerprint density at radius 2 is 1.88 bits per heavy atom. The highest BCUT2D eigenvalue weighted by Gasteiger charge is 2.43. The molecule has 0 aliphatic rings. The summed E-state index contributed by atoms with van der Waals surface area (Å²) in [5.41, 5.74) is 1.24. The monoisotopic (exact) mass is 368 g/mol. The van der Waals surface area contributed by atoms with Crippen molar-refractivity contribution in [3.63, 3.8) is 0 Å². The number of carbonyl (C=O) groups is 1. The standard InChI is InChI=1S/C10H10Br2O3S/c1-7-4-3-5-8(6-7)9(13)10(11,12)16(2,14)15/h3-6H,1-2H3. The molecule has 0 spiro atoms. The number of ketones is 1. The highest BCUT2D eigenvalue weighted by atomic mass is 79.9. The Kier molecular flexibility index (Phi) is 3.97. The van der Waals surface area contributed by atoms with Crippen molar-refractivity contribution in [1.82, 2.24) is 0 Å². The maximum Gasteiger partial charge on any atom is 0.242 e. The Hall–Kier alpha value is -0.200. The Bertz CT molecular complexity index is 521. The van der Waals surface area contributed by atoms with E-state index >= 15 is 0 Å². The number of hydrogen-bond acceptors (Lipinski definition) is 3. The minimum absolute atomic E-state index is 0.346. The van der Waals surface area contributed by atoms with Crippen molar-refractivity contribution in [2.75, 3.05) is 6.26 Å². The van der Waals surface area contributed by atoms with Gasteiger partial charge < -0.3 is 0 Å². The Labute approximate surface area is 111 Å². The smallest absolute Gasteiger partial charge is 0.242 e. The maximum absolute atomic E-state index is 12.0. The van der Waals surface area contributed by atoms with Crippen LogP contribution >= 0.6 is 31.9 Å². The summed E-state index contributed by atoms with van der Waals surface area (Å²) in [5, 5.41) is 0. The van der Waals surface area contributed by atoms with Crippen LogP contribution in [0.3, 0.4) is 0 Å². The van der Waals surface area contributed by atoms with E-state index in [2.05, 4.69) is 31.9 Å². The van der Waals surface area contributed by atoms with Crippen LogP contribution in [0, 0.1) is 6.92 Å². The number of rotatable bonds is 3. The van der Waals surface area contributed by atoms with E-state index in [0.29, 0.717) is 5.56 Å². The number of hydrogen-bond donors (Lipinski definition) is 0. The van der Waals surface area contributed by atoms with E-state index in [4.69, 9.17) is 0 Å². The van der Waals surface area contributed by atoms with Crippen molar-refractivity contribution in [2.45, 2.75) is 9.49 Å². The van der Waals surface area contributed by atoms with Gasteiger partial charge in [0.15, 0.2) is 9.84 Å². The molecule has 0 heterocycles. The molecule has 0 aromatic heterocycles. The minimum Gasteiger partial charge on any atom is -0.290 e. The molecule has 0 fully saturated rings. The van der Waals surface area contributed by atoms with E-state index in [1.807, 2.05) is 13.0 Å². The first-order valence-corrected chi connectivity index (χ1v) is 7.83. The predicted molar refractivity (Wildman–Crippen MR) is 70.9 cm³/mol. The second-order valence-corrected chi connectivity index (χ2v) is 10.1. The molecular weight excluding hydrogens is 360 g/mol. The molecule has 1 aromatic carbocycles. The molecule has 0 aliphatic carbocycles. The zero-order chi connectivity index (χ0) is 12.6. The molecule has 1 rings (SSSR count). The predicted octanol–water partition coefficient (Wildman–Crippen LogP) is 2.67. The van der Waals surface area contributed by atoms with Gasteiger partial charge in [0.25, 0.3) is 0 Å². The molecule has 0 N–H and O–H groups in total. The van der Waals surface area contributed by atoms with Crippen molar-refractivity contribution in [3.8, 4) is 0 Å². The number of benzene rings is 1. The minimum atomic E-state index is -3.58. The van der Waals surface area contributed by atoms with E-state index in [-0.39, 0.29) is 0 Å². The molecule has 0 bridgehead atoms. The zero-order valence-corrected chi connectivity index (χ0v) is 12.7. The molecule has 88 valence electrons. The van der Waals surface area contributed by atoms with Crippen molar-refractivity contribution >= 4 is 47.5 Å². The van der Waals surface area contributed by atoms with E-state index in [1.165, 1.54) is 0 Å². The molecule has 1 aromatic rings. The lowest BCUT2D eigenvalue weighted by atomic mass is 10.1. The fourth-order valence-electron chi connectivity index (χ4n) is 1.12. The van der Waals surface area contributed by atoms with Crippen LogP contribution in [0.15, 0.2) is 24.3 Å². The van der Waals surface area contributed by atoms with Gasteiger partial charge in [-0.2, -0.15) is 0 Å². The van der Waals surface area contributed by atoms with Crippen LogP contribution in [0.1, 0.15) is 15.9 Å². The SMILES string of the molecule is Cc1cccc(C(=O)C(Br)(Br)S(C)(=O)=O)c1. The summed E-state index contributed by atoms with van der Waals surface area (Å²) in [6.07, 6.45) is 0.990. The van der Waals surface area contributed by atoms with Gasteiger partial charge in [0, 0.05) is 11.8 Å². The fraction of sp³-hybridized carbons (Fsp3) is 0.300. The summed E-state index contributed by atoms with van der Waals surface area (Å²) in [4.78, 5) is 12.0. The van der Waals surface area contributed by atoms with Crippen LogP contribution in [0.25, 0.3) is 0 Å². The van der Waals surface area contributed by atoms with Gasteiger partial charge in [0.1, 0.15) is 0 Å². The molecule has 0 radical (unpaired) electrons. The van der Waals surface area contributed by atoms with E-state index < -0.39 is 18.2 Å². The number of sulfone groups is 1. The van der Waals surface area contributed by atoms with Crippen LogP contribution < -0.4 is 0 Å². The topological polar surface area (TPSA) is 51.2 Å². The van der Waals surface area contributed by atoms with E-state index in [9.17, 15) is 13.2 Å². The molecule has 6 heteroatoms. The number of halogens is 2. The molecular formula is C10H10Br2O3S. The van der Waals surface area contributed by atoms with Crippen molar-refractivity contribution in [2.24, 2.45) is 0 Å². The number of carbonyl (C=O) groups excluding carboxylic acids is 1. The van der Waals surface area contributed by atoms with Crippen LogP contribution in [0.4, 0.5) is 0 Å². The van der Waals surface area contributed by atoms with Gasteiger partial charge in [0.05, 0.1) is 0 Å². The molecule has 0 atom stereocenters. The first-order chi connectivity index (χ1) is 7.16. The highest BCUT2D eigenvalue weighted by molar-refractivity contribution is 9.28. The highest BCUT2D eigenvalue weighted by Crippen LogP contribution is 2.35. The van der Waals surface area contributed by atoms with Gasteiger partial charge in [-0.3, -0.25) is 4.79 Å². The molecule has 0 amide bonds. The molecule has 16 heavy (non-hydrogen) atoms. The third-order valence-electron chi connectivity index (χ3n) is 2.01. The summed E-state index contributed by atoms with van der Waals surface area (Å²) >= 11 is 5.82. The van der Waals surface area contributed by atoms with Crippen LogP contribution in [-0.2, 0) is 9.84 Å².